The van der Waals surface area contributed by atoms with Gasteiger partial charge in [0, 0.05) is 12.8 Å². The van der Waals surface area contributed by atoms with Crippen molar-refractivity contribution in [3.63, 3.8) is 0 Å². The molecule has 10 heteroatoms. The summed E-state index contributed by atoms with van der Waals surface area (Å²) in [4.78, 5) is 0.884. The van der Waals surface area contributed by atoms with Gasteiger partial charge in [-0.2, -0.15) is 26.3 Å². The van der Waals surface area contributed by atoms with Gasteiger partial charge in [-0.3, -0.25) is 0 Å². The summed E-state index contributed by atoms with van der Waals surface area (Å²) in [5, 5.41) is 0. The Bertz CT molecular complexity index is 499. The van der Waals surface area contributed by atoms with Crippen molar-refractivity contribution in [2.45, 2.75) is 37.8 Å². The molecule has 0 aliphatic carbocycles. The highest BCUT2D eigenvalue weighted by atomic mass is 79.9. The maximum atomic E-state index is 13.1. The third-order valence-corrected chi connectivity index (χ3v) is 4.45. The number of nitrogens with two attached hydrogens (primary N) is 1. The minimum atomic E-state index is -4.76. The van der Waals surface area contributed by atoms with Gasteiger partial charge in [0.1, 0.15) is 0 Å². The first-order chi connectivity index (χ1) is 9.74. The number of alkyl halides is 6. The molecule has 0 aromatic heterocycles. The standard InChI is InChI=1S/C12H15BrF6N2O/c1-6-8(20)4-7(11(14,15)16)9(13)21(6)5-10(2,22-3)12(17,18)19/h4,6H,5,20H2,1-3H3. The Morgan fingerprint density at radius 3 is 2.14 bits per heavy atom. The van der Waals surface area contributed by atoms with Crippen LogP contribution in [0.4, 0.5) is 26.3 Å². The Hall–Kier alpha value is -0.900. The summed E-state index contributed by atoms with van der Waals surface area (Å²) in [6.45, 7) is 1.33. The zero-order chi connectivity index (χ0) is 17.5. The lowest BCUT2D eigenvalue weighted by atomic mass is 10.0. The molecule has 22 heavy (non-hydrogen) atoms. The van der Waals surface area contributed by atoms with Crippen LogP contribution in [0.2, 0.25) is 0 Å². The van der Waals surface area contributed by atoms with Crippen LogP contribution in [0.15, 0.2) is 22.0 Å². The van der Waals surface area contributed by atoms with Crippen molar-refractivity contribution < 1.29 is 31.1 Å². The molecule has 1 aliphatic rings. The van der Waals surface area contributed by atoms with Gasteiger partial charge in [-0.25, -0.2) is 0 Å². The third-order valence-electron chi connectivity index (χ3n) is 3.56. The first kappa shape index (κ1) is 19.1. The molecule has 0 aromatic rings. The van der Waals surface area contributed by atoms with Gasteiger partial charge >= 0.3 is 12.4 Å². The highest BCUT2D eigenvalue weighted by molar-refractivity contribution is 9.11. The first-order valence-corrected chi connectivity index (χ1v) is 6.86. The molecule has 2 N–H and O–H groups in total. The summed E-state index contributed by atoms with van der Waals surface area (Å²) in [5.41, 5.74) is 1.57. The lowest BCUT2D eigenvalue weighted by Gasteiger charge is -2.42. The minimum Gasteiger partial charge on any atom is -0.400 e. The van der Waals surface area contributed by atoms with E-state index < -0.39 is 40.7 Å². The zero-order valence-corrected chi connectivity index (χ0v) is 13.5. The highest BCUT2D eigenvalue weighted by Gasteiger charge is 2.54. The van der Waals surface area contributed by atoms with E-state index in [4.69, 9.17) is 5.73 Å². The number of hydrogen-bond acceptors (Lipinski definition) is 3. The van der Waals surface area contributed by atoms with Gasteiger partial charge in [-0.15, -0.1) is 0 Å². The number of rotatable bonds is 3. The molecule has 0 radical (unpaired) electrons. The van der Waals surface area contributed by atoms with E-state index in [1.165, 1.54) is 6.92 Å². The highest BCUT2D eigenvalue weighted by Crippen LogP contribution is 2.41. The second-order valence-corrected chi connectivity index (χ2v) is 5.83. The number of allylic oxidation sites excluding steroid dienone is 2. The molecule has 0 saturated heterocycles. The van der Waals surface area contributed by atoms with Gasteiger partial charge in [0.15, 0.2) is 5.60 Å². The van der Waals surface area contributed by atoms with E-state index in [0.717, 1.165) is 18.9 Å². The summed E-state index contributed by atoms with van der Waals surface area (Å²) in [6, 6.07) is -0.850. The van der Waals surface area contributed by atoms with Crippen LogP contribution in [0.5, 0.6) is 0 Å². The molecule has 0 saturated carbocycles. The molecule has 0 amide bonds. The Kier molecular flexibility index (Phi) is 5.18. The van der Waals surface area contributed by atoms with Gasteiger partial charge in [0.05, 0.1) is 22.8 Å². The van der Waals surface area contributed by atoms with Crippen molar-refractivity contribution in [3.8, 4) is 0 Å². The molecular formula is C12H15BrF6N2O. The van der Waals surface area contributed by atoms with Crippen LogP contribution in [0, 0.1) is 0 Å². The Labute approximate surface area is 131 Å². The molecular weight excluding hydrogens is 382 g/mol. The largest absolute Gasteiger partial charge is 0.418 e. The van der Waals surface area contributed by atoms with Gasteiger partial charge in [-0.1, -0.05) is 0 Å². The van der Waals surface area contributed by atoms with Crippen LogP contribution in [-0.4, -0.2) is 42.5 Å². The van der Waals surface area contributed by atoms with Gasteiger partial charge in [0.25, 0.3) is 0 Å². The molecule has 1 heterocycles. The monoisotopic (exact) mass is 396 g/mol. The topological polar surface area (TPSA) is 38.5 Å². The summed E-state index contributed by atoms with van der Waals surface area (Å²) < 4.78 is 82.1. The average molecular weight is 397 g/mol. The second kappa shape index (κ2) is 5.95. The Morgan fingerprint density at radius 1 is 1.27 bits per heavy atom. The van der Waals surface area contributed by atoms with Gasteiger partial charge < -0.3 is 15.4 Å². The van der Waals surface area contributed by atoms with Crippen molar-refractivity contribution in [1.82, 2.24) is 4.90 Å². The zero-order valence-electron chi connectivity index (χ0n) is 11.9. The molecule has 0 aromatic carbocycles. The van der Waals surface area contributed by atoms with Crippen LogP contribution in [-0.2, 0) is 4.74 Å². The van der Waals surface area contributed by atoms with Crippen molar-refractivity contribution in [1.29, 1.82) is 0 Å². The summed E-state index contributed by atoms with van der Waals surface area (Å²) in [5.74, 6) is 0. The Balaban J connectivity index is 3.29. The minimum absolute atomic E-state index is 0.184. The van der Waals surface area contributed by atoms with Crippen molar-refractivity contribution in [2.24, 2.45) is 5.73 Å². The predicted molar refractivity (Wildman–Crippen MR) is 71.9 cm³/mol. The molecule has 3 nitrogen and oxygen atoms in total. The molecule has 2 unspecified atom stereocenters. The number of ether oxygens (including phenoxy) is 1. The molecule has 1 rings (SSSR count). The normalized spacial score (nSPS) is 23.5. The van der Waals surface area contributed by atoms with E-state index in [-0.39, 0.29) is 5.70 Å². The van der Waals surface area contributed by atoms with Crippen LogP contribution < -0.4 is 5.73 Å². The fourth-order valence-electron chi connectivity index (χ4n) is 1.85. The first-order valence-electron chi connectivity index (χ1n) is 6.07. The smallest absolute Gasteiger partial charge is 0.400 e. The van der Waals surface area contributed by atoms with Crippen molar-refractivity contribution in [3.05, 3.63) is 22.0 Å². The van der Waals surface area contributed by atoms with E-state index in [0.29, 0.717) is 6.08 Å². The maximum Gasteiger partial charge on any atom is 0.418 e. The maximum absolute atomic E-state index is 13.1. The molecule has 0 bridgehead atoms. The second-order valence-electron chi connectivity index (χ2n) is 5.08. The number of nitrogens with zero attached hydrogens (tertiary/aromatic N) is 1. The predicted octanol–water partition coefficient (Wildman–Crippen LogP) is 3.67. The van der Waals surface area contributed by atoms with Crippen molar-refractivity contribution in [2.75, 3.05) is 13.7 Å². The van der Waals surface area contributed by atoms with E-state index in [2.05, 4.69) is 20.7 Å². The van der Waals surface area contributed by atoms with Gasteiger partial charge in [-0.05, 0) is 35.9 Å². The molecule has 0 fully saturated rings. The van der Waals surface area contributed by atoms with E-state index in [9.17, 15) is 26.3 Å². The van der Waals surface area contributed by atoms with Crippen LogP contribution in [0.25, 0.3) is 0 Å². The third kappa shape index (κ3) is 3.53. The fraction of sp³-hybridized carbons (Fsp3) is 0.667. The molecule has 0 spiro atoms. The fourth-order valence-corrected chi connectivity index (χ4v) is 2.62. The number of methoxy groups -OCH3 is 1. The Morgan fingerprint density at radius 2 is 1.77 bits per heavy atom. The summed E-state index contributed by atoms with van der Waals surface area (Å²) in [7, 11) is 0.851. The summed E-state index contributed by atoms with van der Waals surface area (Å²) in [6.07, 6.45) is -8.80. The SMILES string of the molecule is COC(C)(CN1C(Br)=C(C(F)(F)F)C=C(N)C1C)C(F)(F)F. The lowest BCUT2D eigenvalue weighted by Crippen LogP contribution is -2.55. The van der Waals surface area contributed by atoms with Crippen LogP contribution in [0.1, 0.15) is 13.8 Å². The number of hydrogen-bond donors (Lipinski definition) is 1. The molecule has 2 atom stereocenters. The molecule has 1 aliphatic heterocycles. The quantitative estimate of drug-likeness (QED) is 0.584. The van der Waals surface area contributed by atoms with Crippen LogP contribution >= 0.6 is 15.9 Å². The molecule has 128 valence electrons. The van der Waals surface area contributed by atoms with E-state index in [1.807, 2.05) is 0 Å². The number of halogens is 7. The average Bonchev–Trinajstić information content (AvgIpc) is 2.35. The van der Waals surface area contributed by atoms with Gasteiger partial charge in [0.2, 0.25) is 0 Å². The van der Waals surface area contributed by atoms with Crippen LogP contribution in [0.3, 0.4) is 0 Å². The van der Waals surface area contributed by atoms with E-state index >= 15 is 0 Å². The van der Waals surface area contributed by atoms with Crippen molar-refractivity contribution >= 4 is 15.9 Å². The summed E-state index contributed by atoms with van der Waals surface area (Å²) >= 11 is 2.74. The lowest BCUT2D eigenvalue weighted by molar-refractivity contribution is -0.266. The van der Waals surface area contributed by atoms with E-state index in [1.54, 1.807) is 0 Å².